The fourth-order valence-corrected chi connectivity index (χ4v) is 4.01. The van der Waals surface area contributed by atoms with Crippen molar-refractivity contribution in [2.75, 3.05) is 0 Å². The number of benzene rings is 1. The zero-order chi connectivity index (χ0) is 15.5. The molecular formula is C13H9Cl2NO3S2. The van der Waals surface area contributed by atoms with E-state index in [-0.39, 0.29) is 4.90 Å². The summed E-state index contributed by atoms with van der Waals surface area (Å²) in [5.41, 5.74) is 0. The zero-order valence-corrected chi connectivity index (χ0v) is 13.6. The summed E-state index contributed by atoms with van der Waals surface area (Å²) in [5.74, 6) is -0.585. The number of halogens is 2. The maximum atomic E-state index is 12.4. The number of hydrogen-bond donors (Lipinski definition) is 1. The average Bonchev–Trinajstić information content (AvgIpc) is 2.99. The Kier molecular flexibility index (Phi) is 5.05. The van der Waals surface area contributed by atoms with E-state index in [0.29, 0.717) is 4.88 Å². The van der Waals surface area contributed by atoms with Gasteiger partial charge in [-0.05, 0) is 23.6 Å². The highest BCUT2D eigenvalue weighted by molar-refractivity contribution is 7.95. The normalized spacial score (nSPS) is 11.0. The third kappa shape index (κ3) is 3.65. The molecule has 0 saturated carbocycles. The predicted octanol–water partition coefficient (Wildman–Crippen LogP) is 3.56. The maximum Gasteiger partial charge on any atom is 0.266 e. The molecule has 8 heteroatoms. The highest BCUT2D eigenvalue weighted by atomic mass is 35.5. The van der Waals surface area contributed by atoms with E-state index in [4.69, 9.17) is 23.2 Å². The topological polar surface area (TPSA) is 63.2 Å². The molecule has 0 unspecified atom stereocenters. The summed E-state index contributed by atoms with van der Waals surface area (Å²) in [6, 6.07) is 10.8. The van der Waals surface area contributed by atoms with Crippen LogP contribution in [0.3, 0.4) is 0 Å². The minimum absolute atomic E-state index is 0.00900. The van der Waals surface area contributed by atoms with Gasteiger partial charge in [-0.1, -0.05) is 47.5 Å². The van der Waals surface area contributed by atoms with Crippen LogP contribution in [0.1, 0.15) is 9.67 Å². The fraction of sp³-hybridized carbons (Fsp3) is 0. The van der Waals surface area contributed by atoms with E-state index in [1.807, 2.05) is 0 Å². The van der Waals surface area contributed by atoms with Crippen molar-refractivity contribution in [1.29, 1.82) is 0 Å². The molecule has 0 atom stereocenters. The van der Waals surface area contributed by atoms with E-state index < -0.39 is 25.3 Å². The van der Waals surface area contributed by atoms with Crippen molar-refractivity contribution in [2.24, 2.45) is 0 Å². The van der Waals surface area contributed by atoms with Crippen LogP contribution in [0.25, 0.3) is 0 Å². The van der Waals surface area contributed by atoms with Crippen molar-refractivity contribution in [3.8, 4) is 0 Å². The van der Waals surface area contributed by atoms with Crippen molar-refractivity contribution >= 4 is 50.3 Å². The first-order valence-electron chi connectivity index (χ1n) is 5.63. The van der Waals surface area contributed by atoms with Crippen molar-refractivity contribution in [1.82, 2.24) is 5.32 Å². The van der Waals surface area contributed by atoms with Gasteiger partial charge in [0.1, 0.15) is 4.49 Å². The molecular weight excluding hydrogens is 353 g/mol. The molecule has 110 valence electrons. The van der Waals surface area contributed by atoms with Crippen LogP contribution in [0.5, 0.6) is 0 Å². The number of sulfone groups is 1. The highest BCUT2D eigenvalue weighted by Gasteiger charge is 2.26. The first-order valence-corrected chi connectivity index (χ1v) is 8.75. The van der Waals surface area contributed by atoms with Crippen LogP contribution in [0.4, 0.5) is 0 Å². The van der Waals surface area contributed by atoms with Crippen molar-refractivity contribution in [2.45, 2.75) is 4.90 Å². The summed E-state index contributed by atoms with van der Waals surface area (Å²) in [5, 5.41) is 3.43. The minimum atomic E-state index is -4.00. The molecule has 0 aliphatic carbocycles. The quantitative estimate of drug-likeness (QED) is 0.905. The van der Waals surface area contributed by atoms with E-state index in [2.05, 4.69) is 5.32 Å². The summed E-state index contributed by atoms with van der Waals surface area (Å²) < 4.78 is 24.4. The Morgan fingerprint density at radius 3 is 2.24 bits per heavy atom. The van der Waals surface area contributed by atoms with Crippen LogP contribution in [0.15, 0.2) is 62.3 Å². The standard InChI is InChI=1S/C13H9Cl2NO3S2/c14-11(15)13(16-12(17)10-7-4-8-20-10)21(18,19)9-5-2-1-3-6-9/h1-8H,(H,16,17). The second-order valence-corrected chi connectivity index (χ2v) is 7.62. The summed E-state index contributed by atoms with van der Waals surface area (Å²) in [7, 11) is -4.00. The Morgan fingerprint density at radius 2 is 1.71 bits per heavy atom. The summed E-state index contributed by atoms with van der Waals surface area (Å²) >= 11 is 12.5. The Hall–Kier alpha value is -1.34. The lowest BCUT2D eigenvalue weighted by atomic mass is 10.4. The third-order valence-electron chi connectivity index (χ3n) is 2.47. The van der Waals surface area contributed by atoms with E-state index >= 15 is 0 Å². The monoisotopic (exact) mass is 361 g/mol. The Balaban J connectivity index is 2.38. The molecule has 2 rings (SSSR count). The van der Waals surface area contributed by atoms with Crippen molar-refractivity contribution < 1.29 is 13.2 Å². The van der Waals surface area contributed by atoms with E-state index in [9.17, 15) is 13.2 Å². The van der Waals surface area contributed by atoms with E-state index in [0.717, 1.165) is 0 Å². The molecule has 0 aliphatic heterocycles. The predicted molar refractivity (Wildman–Crippen MR) is 84.1 cm³/mol. The molecule has 0 aliphatic rings. The Morgan fingerprint density at radius 1 is 1.05 bits per heavy atom. The van der Waals surface area contributed by atoms with Crippen LogP contribution in [-0.2, 0) is 9.84 Å². The molecule has 0 spiro atoms. The molecule has 1 N–H and O–H groups in total. The summed E-state index contributed by atoms with van der Waals surface area (Å²) in [6.07, 6.45) is 0. The van der Waals surface area contributed by atoms with E-state index in [1.54, 1.807) is 35.7 Å². The minimum Gasteiger partial charge on any atom is -0.309 e. The summed E-state index contributed by atoms with van der Waals surface area (Å²) in [4.78, 5) is 12.3. The van der Waals surface area contributed by atoms with Crippen LogP contribution in [-0.4, -0.2) is 14.3 Å². The first kappa shape index (κ1) is 16.0. The van der Waals surface area contributed by atoms with Gasteiger partial charge in [-0.3, -0.25) is 4.79 Å². The second kappa shape index (κ2) is 6.62. The Labute approximate surface area is 135 Å². The molecule has 4 nitrogen and oxygen atoms in total. The van der Waals surface area contributed by atoms with Crippen LogP contribution < -0.4 is 5.32 Å². The largest absolute Gasteiger partial charge is 0.309 e. The van der Waals surface area contributed by atoms with Crippen LogP contribution in [0.2, 0.25) is 0 Å². The number of nitrogens with one attached hydrogen (secondary N) is 1. The highest BCUT2D eigenvalue weighted by Crippen LogP contribution is 2.24. The van der Waals surface area contributed by atoms with Gasteiger partial charge in [-0.15, -0.1) is 11.3 Å². The average molecular weight is 362 g/mol. The number of amides is 1. The van der Waals surface area contributed by atoms with Gasteiger partial charge in [0.2, 0.25) is 9.84 Å². The molecule has 0 bridgehead atoms. The van der Waals surface area contributed by atoms with Gasteiger partial charge in [0.15, 0.2) is 5.03 Å². The number of thiophene rings is 1. The third-order valence-corrected chi connectivity index (χ3v) is 5.67. The fourth-order valence-electron chi connectivity index (χ4n) is 1.51. The molecule has 0 fully saturated rings. The van der Waals surface area contributed by atoms with Crippen LogP contribution in [0, 0.1) is 0 Å². The number of rotatable bonds is 4. The van der Waals surface area contributed by atoms with Crippen molar-refractivity contribution in [3.63, 3.8) is 0 Å². The summed E-state index contributed by atoms with van der Waals surface area (Å²) in [6.45, 7) is 0. The van der Waals surface area contributed by atoms with Gasteiger partial charge in [-0.25, -0.2) is 8.42 Å². The number of hydrogen-bond acceptors (Lipinski definition) is 4. The number of carbonyl (C=O) groups excluding carboxylic acids is 1. The van der Waals surface area contributed by atoms with E-state index in [1.165, 1.54) is 23.5 Å². The SMILES string of the molecule is O=C(NC(=C(Cl)Cl)S(=O)(=O)c1ccccc1)c1cccs1. The molecule has 1 heterocycles. The van der Waals surface area contributed by atoms with Crippen molar-refractivity contribution in [3.05, 3.63) is 62.2 Å². The molecule has 21 heavy (non-hydrogen) atoms. The number of carbonyl (C=O) groups is 1. The maximum absolute atomic E-state index is 12.4. The van der Waals surface area contributed by atoms with Gasteiger partial charge < -0.3 is 5.32 Å². The van der Waals surface area contributed by atoms with Gasteiger partial charge in [0, 0.05) is 0 Å². The van der Waals surface area contributed by atoms with Gasteiger partial charge >= 0.3 is 0 Å². The molecule has 0 radical (unpaired) electrons. The van der Waals surface area contributed by atoms with Crippen LogP contribution >= 0.6 is 34.5 Å². The first-order chi connectivity index (χ1) is 9.93. The van der Waals surface area contributed by atoms with Gasteiger partial charge in [0.25, 0.3) is 5.91 Å². The Bertz CT molecular complexity index is 765. The second-order valence-electron chi connectivity index (χ2n) is 3.84. The van der Waals surface area contributed by atoms with Gasteiger partial charge in [-0.2, -0.15) is 0 Å². The molecule has 1 aromatic heterocycles. The lowest BCUT2D eigenvalue weighted by Gasteiger charge is -2.10. The molecule has 0 saturated heterocycles. The molecule has 2 aromatic rings. The van der Waals surface area contributed by atoms with Gasteiger partial charge in [0.05, 0.1) is 9.77 Å². The molecule has 1 amide bonds. The molecule has 1 aromatic carbocycles. The smallest absolute Gasteiger partial charge is 0.266 e. The zero-order valence-electron chi connectivity index (χ0n) is 10.4. The lowest BCUT2D eigenvalue weighted by Crippen LogP contribution is -2.27. The lowest BCUT2D eigenvalue weighted by molar-refractivity contribution is 0.0972.